The summed E-state index contributed by atoms with van der Waals surface area (Å²) >= 11 is 12.0. The van der Waals surface area contributed by atoms with E-state index in [0.717, 1.165) is 10.6 Å². The Hall–Kier alpha value is -3.03. The largest absolute Gasteiger partial charge is 0.505 e. The molecule has 0 aromatic heterocycles. The Morgan fingerprint density at radius 2 is 1.49 bits per heavy atom. The fraction of sp³-hybridized carbons (Fsp3) is 0.240. The summed E-state index contributed by atoms with van der Waals surface area (Å²) in [6, 6.07) is 15.2. The Kier molecular flexibility index (Phi) is 8.33. The highest BCUT2D eigenvalue weighted by Crippen LogP contribution is 2.36. The molecule has 0 spiro atoms. The third kappa shape index (κ3) is 6.25. The molecule has 10 nitrogen and oxygen atoms in total. The number of hydrogen-bond acceptors (Lipinski definition) is 7. The summed E-state index contributed by atoms with van der Waals surface area (Å²) in [7, 11) is -6.02. The van der Waals surface area contributed by atoms with Crippen molar-refractivity contribution >= 4 is 66.2 Å². The van der Waals surface area contributed by atoms with Gasteiger partial charge >= 0.3 is 0 Å². The van der Waals surface area contributed by atoms with Crippen molar-refractivity contribution in [3.05, 3.63) is 76.3 Å². The molecule has 1 aliphatic heterocycles. The van der Waals surface area contributed by atoms with E-state index in [2.05, 4.69) is 5.32 Å². The summed E-state index contributed by atoms with van der Waals surface area (Å²) in [6.07, 6.45) is 1.04. The first-order valence-corrected chi connectivity index (χ1v) is 15.7. The van der Waals surface area contributed by atoms with Gasteiger partial charge in [-0.15, -0.1) is 0 Å². The van der Waals surface area contributed by atoms with Crippen LogP contribution < -0.4 is 14.5 Å². The maximum absolute atomic E-state index is 13.2. The van der Waals surface area contributed by atoms with Gasteiger partial charge in [0.25, 0.3) is 5.91 Å². The van der Waals surface area contributed by atoms with Crippen molar-refractivity contribution in [2.24, 2.45) is 0 Å². The minimum absolute atomic E-state index is 0.0712. The zero-order valence-electron chi connectivity index (χ0n) is 21.0. The molecule has 14 heteroatoms. The van der Waals surface area contributed by atoms with Gasteiger partial charge in [0.1, 0.15) is 0 Å². The lowest BCUT2D eigenvalue weighted by atomic mass is 10.1. The highest BCUT2D eigenvalue weighted by atomic mass is 35.5. The number of rotatable bonds is 7. The molecule has 1 amide bonds. The molecule has 208 valence electrons. The summed E-state index contributed by atoms with van der Waals surface area (Å²) in [5.74, 6) is -0.740. The standard InChI is InChI=1S/C25H26Cl2N4O6S2/c1-29(38(2,34)35)23-6-4-3-5-20(23)25(33)28-17-7-9-19(10-8-17)39(36,37)31-13-11-30(12-14-31)18-15-21(26)24(32)22(27)16-18/h3-10,15-16,32H,11-14H2,1-2H3,(H,28,33). The second kappa shape index (κ2) is 11.2. The van der Waals surface area contributed by atoms with Crippen LogP contribution in [-0.2, 0) is 20.0 Å². The first-order valence-electron chi connectivity index (χ1n) is 11.7. The number of phenols is 1. The fourth-order valence-corrected chi connectivity index (χ4v) is 6.51. The highest BCUT2D eigenvalue weighted by molar-refractivity contribution is 7.92. The average molecular weight is 614 g/mol. The summed E-state index contributed by atoms with van der Waals surface area (Å²) in [6.45, 7) is 1.24. The molecule has 0 saturated carbocycles. The van der Waals surface area contributed by atoms with Crippen LogP contribution in [0.5, 0.6) is 5.75 Å². The number of anilines is 3. The summed E-state index contributed by atoms with van der Waals surface area (Å²) in [5, 5.41) is 12.7. The lowest BCUT2D eigenvalue weighted by molar-refractivity contribution is 0.102. The number of nitrogens with one attached hydrogen (secondary N) is 1. The molecule has 0 radical (unpaired) electrons. The van der Waals surface area contributed by atoms with Crippen molar-refractivity contribution in [2.75, 3.05) is 54.0 Å². The van der Waals surface area contributed by atoms with Gasteiger partial charge in [-0.25, -0.2) is 16.8 Å². The number of aromatic hydroxyl groups is 1. The monoisotopic (exact) mass is 612 g/mol. The van der Waals surface area contributed by atoms with E-state index < -0.39 is 26.0 Å². The van der Waals surface area contributed by atoms with Crippen LogP contribution in [-0.4, -0.2) is 71.6 Å². The molecular formula is C25H26Cl2N4O6S2. The first kappa shape index (κ1) is 29.0. The van der Waals surface area contributed by atoms with E-state index >= 15 is 0 Å². The molecule has 3 aromatic carbocycles. The number of benzene rings is 3. The molecule has 0 bridgehead atoms. The number of nitrogens with zero attached hydrogens (tertiary/aromatic N) is 3. The van der Waals surface area contributed by atoms with Crippen LogP contribution in [0, 0.1) is 0 Å². The van der Waals surface area contributed by atoms with E-state index in [9.17, 15) is 26.7 Å². The molecule has 1 fully saturated rings. The van der Waals surface area contributed by atoms with Crippen LogP contribution in [0.15, 0.2) is 65.6 Å². The van der Waals surface area contributed by atoms with Crippen LogP contribution in [0.4, 0.5) is 17.1 Å². The van der Waals surface area contributed by atoms with Crippen LogP contribution in [0.3, 0.4) is 0 Å². The van der Waals surface area contributed by atoms with Gasteiger partial charge in [0.15, 0.2) is 5.75 Å². The van der Waals surface area contributed by atoms with Gasteiger partial charge in [-0.05, 0) is 48.5 Å². The summed E-state index contributed by atoms with van der Waals surface area (Å²) < 4.78 is 52.8. The molecule has 2 N–H and O–H groups in total. The van der Waals surface area contributed by atoms with Crippen LogP contribution in [0.25, 0.3) is 0 Å². The second-order valence-electron chi connectivity index (χ2n) is 8.88. The number of piperazine rings is 1. The number of hydrogen-bond donors (Lipinski definition) is 2. The molecule has 0 atom stereocenters. The van der Waals surface area contributed by atoms with E-state index in [1.165, 1.54) is 47.8 Å². The van der Waals surface area contributed by atoms with E-state index in [-0.39, 0.29) is 45.0 Å². The van der Waals surface area contributed by atoms with Crippen LogP contribution >= 0.6 is 23.2 Å². The van der Waals surface area contributed by atoms with Gasteiger partial charge in [-0.2, -0.15) is 4.31 Å². The minimum Gasteiger partial charge on any atom is -0.505 e. The van der Waals surface area contributed by atoms with Crippen LogP contribution in [0.2, 0.25) is 10.0 Å². The van der Waals surface area contributed by atoms with Crippen molar-refractivity contribution in [3.63, 3.8) is 0 Å². The molecule has 3 aromatic rings. The fourth-order valence-electron chi connectivity index (χ4n) is 4.10. The normalized spacial score (nSPS) is 14.7. The number of amides is 1. The number of carbonyl (C=O) groups is 1. The molecule has 0 unspecified atom stereocenters. The predicted octanol–water partition coefficient (Wildman–Crippen LogP) is 3.86. The number of sulfonamides is 2. The lowest BCUT2D eigenvalue weighted by Crippen LogP contribution is -2.48. The number of phenolic OH excluding ortho intramolecular Hbond substituents is 1. The highest BCUT2D eigenvalue weighted by Gasteiger charge is 2.29. The number of carbonyl (C=O) groups excluding carboxylic acids is 1. The SMILES string of the molecule is CN(c1ccccc1C(=O)Nc1ccc(S(=O)(=O)N2CCN(c3cc(Cl)c(O)c(Cl)c3)CC2)cc1)S(C)(=O)=O. The Balaban J connectivity index is 1.44. The maximum atomic E-state index is 13.2. The van der Waals surface area contributed by atoms with Crippen molar-refractivity contribution < 1.29 is 26.7 Å². The topological polar surface area (TPSA) is 127 Å². The smallest absolute Gasteiger partial charge is 0.257 e. The number of halogens is 2. The van der Waals surface area contributed by atoms with Crippen molar-refractivity contribution in [1.29, 1.82) is 0 Å². The molecule has 39 heavy (non-hydrogen) atoms. The van der Waals surface area contributed by atoms with Crippen LogP contribution in [0.1, 0.15) is 10.4 Å². The maximum Gasteiger partial charge on any atom is 0.257 e. The van der Waals surface area contributed by atoms with Crippen molar-refractivity contribution in [2.45, 2.75) is 4.90 Å². The predicted molar refractivity (Wildman–Crippen MR) is 153 cm³/mol. The molecule has 1 aliphatic rings. The van der Waals surface area contributed by atoms with E-state index in [4.69, 9.17) is 23.2 Å². The summed E-state index contributed by atoms with van der Waals surface area (Å²) in [4.78, 5) is 14.9. The quantitative estimate of drug-likeness (QED) is 0.415. The Morgan fingerprint density at radius 3 is 2.05 bits per heavy atom. The zero-order valence-corrected chi connectivity index (χ0v) is 24.1. The lowest BCUT2D eigenvalue weighted by Gasteiger charge is -2.35. The van der Waals surface area contributed by atoms with Gasteiger partial charge in [0.2, 0.25) is 20.0 Å². The molecule has 4 rings (SSSR count). The van der Waals surface area contributed by atoms with E-state index in [1.807, 2.05) is 4.90 Å². The van der Waals surface area contributed by atoms with Crippen molar-refractivity contribution in [1.82, 2.24) is 4.31 Å². The van der Waals surface area contributed by atoms with Gasteiger partial charge in [0, 0.05) is 44.6 Å². The van der Waals surface area contributed by atoms with Gasteiger partial charge in [0.05, 0.1) is 32.4 Å². The second-order valence-corrected chi connectivity index (χ2v) is 13.6. The zero-order chi connectivity index (χ0) is 28.5. The van der Waals surface area contributed by atoms with Gasteiger partial charge < -0.3 is 15.3 Å². The summed E-state index contributed by atoms with van der Waals surface area (Å²) in [5.41, 5.74) is 1.40. The third-order valence-corrected chi connectivity index (χ3v) is 10.0. The molecule has 1 heterocycles. The van der Waals surface area contributed by atoms with E-state index in [0.29, 0.717) is 24.5 Å². The van der Waals surface area contributed by atoms with Crippen molar-refractivity contribution in [3.8, 4) is 5.75 Å². The number of para-hydroxylation sites is 1. The molecule has 1 saturated heterocycles. The van der Waals surface area contributed by atoms with E-state index in [1.54, 1.807) is 24.3 Å². The molecule has 0 aliphatic carbocycles. The Bertz CT molecular complexity index is 1580. The third-order valence-electron chi connectivity index (χ3n) is 6.34. The first-order chi connectivity index (χ1) is 18.3. The minimum atomic E-state index is -3.79. The average Bonchev–Trinajstić information content (AvgIpc) is 2.91. The van der Waals surface area contributed by atoms with Gasteiger partial charge in [-0.3, -0.25) is 9.10 Å². The Labute approximate surface area is 237 Å². The van der Waals surface area contributed by atoms with Gasteiger partial charge in [-0.1, -0.05) is 35.3 Å². The molecular weight excluding hydrogens is 587 g/mol. The Morgan fingerprint density at radius 1 is 0.923 bits per heavy atom.